The molecule has 0 aromatic heterocycles. The first kappa shape index (κ1) is 12.3. The largest absolute Gasteiger partial charge is 0.273 e. The van der Waals surface area contributed by atoms with E-state index in [1.807, 2.05) is 0 Å². The lowest BCUT2D eigenvalue weighted by Crippen LogP contribution is -2.40. The average Bonchev–Trinajstić information content (AvgIpc) is 2.22. The molecule has 0 spiro atoms. The van der Waals surface area contributed by atoms with Crippen molar-refractivity contribution in [3.63, 3.8) is 0 Å². The van der Waals surface area contributed by atoms with Gasteiger partial charge in [-0.25, -0.2) is 10.4 Å². The SMILES string of the molecule is CNN(C(=O)CCCl)c1ccc(Cl)cc1. The summed E-state index contributed by atoms with van der Waals surface area (Å²) < 4.78 is 0. The maximum absolute atomic E-state index is 11.6. The normalized spacial score (nSPS) is 10.1. The minimum atomic E-state index is -0.0742. The van der Waals surface area contributed by atoms with Gasteiger partial charge in [0.15, 0.2) is 0 Å². The molecule has 0 saturated carbocycles. The number of alkyl halides is 1. The molecule has 0 heterocycles. The summed E-state index contributed by atoms with van der Waals surface area (Å²) in [6.07, 6.45) is 0.297. The Bertz CT molecular complexity index is 327. The second-order valence-corrected chi connectivity index (χ2v) is 3.68. The second kappa shape index (κ2) is 5.95. The predicted octanol–water partition coefficient (Wildman–Crippen LogP) is 2.44. The Hall–Kier alpha value is -0.770. The zero-order valence-electron chi connectivity index (χ0n) is 8.34. The molecule has 5 heteroatoms. The molecular formula is C10H12Cl2N2O. The van der Waals surface area contributed by atoms with Gasteiger partial charge >= 0.3 is 0 Å². The summed E-state index contributed by atoms with van der Waals surface area (Å²) in [7, 11) is 1.68. The van der Waals surface area contributed by atoms with Crippen molar-refractivity contribution in [3.05, 3.63) is 29.3 Å². The number of hydrogen-bond donors (Lipinski definition) is 1. The van der Waals surface area contributed by atoms with Crippen LogP contribution in [0.5, 0.6) is 0 Å². The highest BCUT2D eigenvalue weighted by Crippen LogP contribution is 2.17. The van der Waals surface area contributed by atoms with Crippen LogP contribution in [0.15, 0.2) is 24.3 Å². The van der Waals surface area contributed by atoms with Crippen LogP contribution in [0, 0.1) is 0 Å². The van der Waals surface area contributed by atoms with Crippen molar-refractivity contribution in [2.45, 2.75) is 6.42 Å². The van der Waals surface area contributed by atoms with Crippen molar-refractivity contribution in [1.82, 2.24) is 5.43 Å². The molecule has 1 aromatic carbocycles. The summed E-state index contributed by atoms with van der Waals surface area (Å²) in [6.45, 7) is 0. The molecule has 3 nitrogen and oxygen atoms in total. The fourth-order valence-electron chi connectivity index (χ4n) is 1.18. The van der Waals surface area contributed by atoms with Crippen LogP contribution in [-0.4, -0.2) is 18.8 Å². The summed E-state index contributed by atoms with van der Waals surface area (Å²) in [6, 6.07) is 7.00. The summed E-state index contributed by atoms with van der Waals surface area (Å²) >= 11 is 11.3. The number of hydrogen-bond acceptors (Lipinski definition) is 2. The van der Waals surface area contributed by atoms with Crippen molar-refractivity contribution < 1.29 is 4.79 Å². The van der Waals surface area contributed by atoms with Gasteiger partial charge in [-0.15, -0.1) is 11.6 Å². The lowest BCUT2D eigenvalue weighted by atomic mass is 10.3. The van der Waals surface area contributed by atoms with Crippen molar-refractivity contribution in [2.24, 2.45) is 0 Å². The van der Waals surface area contributed by atoms with E-state index < -0.39 is 0 Å². The third kappa shape index (κ3) is 3.38. The van der Waals surface area contributed by atoms with Crippen LogP contribution < -0.4 is 10.4 Å². The molecule has 0 aliphatic heterocycles. The Kier molecular flexibility index (Phi) is 4.88. The Morgan fingerprint density at radius 3 is 2.47 bits per heavy atom. The Morgan fingerprint density at radius 2 is 2.00 bits per heavy atom. The topological polar surface area (TPSA) is 32.3 Å². The predicted molar refractivity (Wildman–Crippen MR) is 63.3 cm³/mol. The van der Waals surface area contributed by atoms with Crippen LogP contribution in [0.4, 0.5) is 5.69 Å². The van der Waals surface area contributed by atoms with E-state index in [2.05, 4.69) is 5.43 Å². The van der Waals surface area contributed by atoms with Gasteiger partial charge in [-0.3, -0.25) is 4.79 Å². The lowest BCUT2D eigenvalue weighted by molar-refractivity contribution is -0.118. The van der Waals surface area contributed by atoms with E-state index in [0.717, 1.165) is 5.69 Å². The number of nitrogens with zero attached hydrogens (tertiary/aromatic N) is 1. The molecule has 0 fully saturated rings. The number of benzene rings is 1. The minimum absolute atomic E-state index is 0.0742. The highest BCUT2D eigenvalue weighted by atomic mass is 35.5. The van der Waals surface area contributed by atoms with E-state index in [4.69, 9.17) is 23.2 Å². The highest BCUT2D eigenvalue weighted by molar-refractivity contribution is 6.30. The van der Waals surface area contributed by atoms with Gasteiger partial charge in [-0.05, 0) is 24.3 Å². The summed E-state index contributed by atoms with van der Waals surface area (Å²) in [5, 5.41) is 2.08. The number of halogens is 2. The van der Waals surface area contributed by atoms with Gasteiger partial charge in [0.2, 0.25) is 5.91 Å². The molecule has 0 atom stereocenters. The first-order chi connectivity index (χ1) is 7.19. The number of carbonyl (C=O) groups excluding carboxylic acids is 1. The van der Waals surface area contributed by atoms with Crippen LogP contribution in [0.25, 0.3) is 0 Å². The number of anilines is 1. The molecule has 0 unspecified atom stereocenters. The fourth-order valence-corrected chi connectivity index (χ4v) is 1.47. The third-order valence-electron chi connectivity index (χ3n) is 1.87. The van der Waals surface area contributed by atoms with Gasteiger partial charge in [0, 0.05) is 24.4 Å². The minimum Gasteiger partial charge on any atom is -0.273 e. The van der Waals surface area contributed by atoms with Crippen molar-refractivity contribution >= 4 is 34.8 Å². The quantitative estimate of drug-likeness (QED) is 0.654. The van der Waals surface area contributed by atoms with Crippen LogP contribution in [0.1, 0.15) is 6.42 Å². The number of hydrazine groups is 1. The maximum Gasteiger partial charge on any atom is 0.242 e. The molecule has 1 rings (SSSR count). The van der Waals surface area contributed by atoms with Crippen molar-refractivity contribution in [2.75, 3.05) is 17.9 Å². The van der Waals surface area contributed by atoms with Gasteiger partial charge in [0.05, 0.1) is 5.69 Å². The summed E-state index contributed by atoms with van der Waals surface area (Å²) in [5.74, 6) is 0.236. The Balaban J connectivity index is 2.82. The molecule has 82 valence electrons. The zero-order valence-corrected chi connectivity index (χ0v) is 9.85. The Morgan fingerprint density at radius 1 is 1.40 bits per heavy atom. The summed E-state index contributed by atoms with van der Waals surface area (Å²) in [4.78, 5) is 11.6. The molecule has 1 aromatic rings. The Labute approximate surface area is 98.9 Å². The van der Waals surface area contributed by atoms with E-state index in [1.165, 1.54) is 5.01 Å². The molecule has 1 N–H and O–H groups in total. The van der Waals surface area contributed by atoms with E-state index in [-0.39, 0.29) is 5.91 Å². The number of rotatable bonds is 4. The van der Waals surface area contributed by atoms with E-state index in [9.17, 15) is 4.79 Å². The maximum atomic E-state index is 11.6. The molecule has 15 heavy (non-hydrogen) atoms. The average molecular weight is 247 g/mol. The van der Waals surface area contributed by atoms with Gasteiger partial charge in [0.25, 0.3) is 0 Å². The van der Waals surface area contributed by atoms with Crippen LogP contribution in [0.2, 0.25) is 5.02 Å². The van der Waals surface area contributed by atoms with E-state index in [0.29, 0.717) is 17.3 Å². The molecule has 0 aliphatic rings. The van der Waals surface area contributed by atoms with E-state index >= 15 is 0 Å². The number of amides is 1. The van der Waals surface area contributed by atoms with Crippen molar-refractivity contribution in [3.8, 4) is 0 Å². The molecule has 0 radical (unpaired) electrons. The van der Waals surface area contributed by atoms with E-state index in [1.54, 1.807) is 31.3 Å². The lowest BCUT2D eigenvalue weighted by Gasteiger charge is -2.20. The molecule has 0 saturated heterocycles. The monoisotopic (exact) mass is 246 g/mol. The van der Waals surface area contributed by atoms with Gasteiger partial charge < -0.3 is 0 Å². The van der Waals surface area contributed by atoms with Crippen LogP contribution in [-0.2, 0) is 4.79 Å². The van der Waals surface area contributed by atoms with Crippen molar-refractivity contribution in [1.29, 1.82) is 0 Å². The first-order valence-electron chi connectivity index (χ1n) is 4.51. The highest BCUT2D eigenvalue weighted by Gasteiger charge is 2.12. The second-order valence-electron chi connectivity index (χ2n) is 2.87. The molecule has 0 bridgehead atoms. The van der Waals surface area contributed by atoms with Gasteiger partial charge in [-0.1, -0.05) is 11.6 Å². The zero-order chi connectivity index (χ0) is 11.3. The molecule has 1 amide bonds. The molecule has 0 aliphatic carbocycles. The standard InChI is InChI=1S/C10H12Cl2N2O/c1-13-14(10(15)6-7-11)9-4-2-8(12)3-5-9/h2-5,13H,6-7H2,1H3. The van der Waals surface area contributed by atoms with Crippen LogP contribution in [0.3, 0.4) is 0 Å². The third-order valence-corrected chi connectivity index (χ3v) is 2.31. The fraction of sp³-hybridized carbons (Fsp3) is 0.300. The van der Waals surface area contributed by atoms with Gasteiger partial charge in [0.1, 0.15) is 0 Å². The first-order valence-corrected chi connectivity index (χ1v) is 5.42. The number of nitrogens with one attached hydrogen (secondary N) is 1. The molecular weight excluding hydrogens is 235 g/mol. The summed E-state index contributed by atoms with van der Waals surface area (Å²) in [5.41, 5.74) is 3.55. The van der Waals surface area contributed by atoms with Gasteiger partial charge in [-0.2, -0.15) is 0 Å². The number of carbonyl (C=O) groups is 1. The van der Waals surface area contributed by atoms with Crippen LogP contribution >= 0.6 is 23.2 Å². The smallest absolute Gasteiger partial charge is 0.242 e.